The van der Waals surface area contributed by atoms with Crippen LogP contribution < -0.4 is 4.90 Å². The molecule has 2 aromatic carbocycles. The number of carbonyl (C=O) groups is 2. The lowest BCUT2D eigenvalue weighted by Crippen LogP contribution is -2.50. The minimum absolute atomic E-state index is 0.00758. The predicted molar refractivity (Wildman–Crippen MR) is 108 cm³/mol. The first-order chi connectivity index (χ1) is 13.2. The van der Waals surface area contributed by atoms with E-state index >= 15 is 0 Å². The van der Waals surface area contributed by atoms with Crippen LogP contribution in [0.5, 0.6) is 0 Å². The molecular formula is C21H24N2O5. The number of carboxylic acid groups (broad SMARTS) is 2. The SMILES string of the molecule is C=Cc1cc2cc(C3(C(=O)O)CC(OC)CN3C(=O)O)ccc2cc1N(C)C. The maximum absolute atomic E-state index is 12.3. The summed E-state index contributed by atoms with van der Waals surface area (Å²) in [5, 5.41) is 21.5. The van der Waals surface area contributed by atoms with Crippen molar-refractivity contribution in [3.63, 3.8) is 0 Å². The Hall–Kier alpha value is -3.06. The van der Waals surface area contributed by atoms with Crippen molar-refractivity contribution in [1.82, 2.24) is 4.90 Å². The minimum Gasteiger partial charge on any atom is -0.479 e. The third-order valence-corrected chi connectivity index (χ3v) is 5.45. The maximum Gasteiger partial charge on any atom is 0.408 e. The van der Waals surface area contributed by atoms with Crippen LogP contribution in [-0.2, 0) is 15.1 Å². The van der Waals surface area contributed by atoms with Crippen LogP contribution in [0.15, 0.2) is 36.9 Å². The van der Waals surface area contributed by atoms with E-state index in [1.54, 1.807) is 18.2 Å². The third kappa shape index (κ3) is 2.97. The van der Waals surface area contributed by atoms with Crippen LogP contribution in [0.2, 0.25) is 0 Å². The lowest BCUT2D eigenvalue weighted by Gasteiger charge is -2.33. The van der Waals surface area contributed by atoms with E-state index in [1.807, 2.05) is 37.2 Å². The number of ether oxygens (including phenoxy) is 1. The molecule has 1 aliphatic rings. The zero-order valence-corrected chi connectivity index (χ0v) is 16.2. The van der Waals surface area contributed by atoms with Crippen molar-refractivity contribution in [1.29, 1.82) is 0 Å². The Kier molecular flexibility index (Phi) is 5.04. The van der Waals surface area contributed by atoms with Gasteiger partial charge in [0.15, 0.2) is 5.54 Å². The first-order valence-corrected chi connectivity index (χ1v) is 8.89. The normalized spacial score (nSPS) is 21.7. The summed E-state index contributed by atoms with van der Waals surface area (Å²) < 4.78 is 5.30. The Balaban J connectivity index is 2.22. The molecule has 0 saturated carbocycles. The summed E-state index contributed by atoms with van der Waals surface area (Å²) in [7, 11) is 5.34. The van der Waals surface area contributed by atoms with Crippen molar-refractivity contribution in [3.8, 4) is 0 Å². The largest absolute Gasteiger partial charge is 0.479 e. The summed E-state index contributed by atoms with van der Waals surface area (Å²) in [5.41, 5.74) is 0.642. The molecule has 7 nitrogen and oxygen atoms in total. The number of hydrogen-bond acceptors (Lipinski definition) is 4. The van der Waals surface area contributed by atoms with Gasteiger partial charge in [0.25, 0.3) is 0 Å². The maximum atomic E-state index is 12.3. The van der Waals surface area contributed by atoms with E-state index in [0.29, 0.717) is 5.56 Å². The van der Waals surface area contributed by atoms with Crippen LogP contribution in [0.1, 0.15) is 17.5 Å². The number of nitrogens with zero attached hydrogens (tertiary/aromatic N) is 2. The number of fused-ring (bicyclic) bond motifs is 1. The number of carboxylic acids is 1. The molecule has 0 radical (unpaired) electrons. The second kappa shape index (κ2) is 7.16. The zero-order chi connectivity index (χ0) is 20.6. The van der Waals surface area contributed by atoms with Gasteiger partial charge in [-0.05, 0) is 40.1 Å². The molecule has 1 fully saturated rings. The van der Waals surface area contributed by atoms with E-state index in [0.717, 1.165) is 26.9 Å². The van der Waals surface area contributed by atoms with Gasteiger partial charge in [-0.15, -0.1) is 0 Å². The molecule has 7 heteroatoms. The molecule has 2 N–H and O–H groups in total. The molecule has 2 aromatic rings. The Morgan fingerprint density at radius 3 is 2.50 bits per heavy atom. The van der Waals surface area contributed by atoms with Crippen molar-refractivity contribution in [3.05, 3.63) is 48.0 Å². The van der Waals surface area contributed by atoms with Crippen molar-refractivity contribution < 1.29 is 24.5 Å². The molecular weight excluding hydrogens is 360 g/mol. The summed E-state index contributed by atoms with van der Waals surface area (Å²) >= 11 is 0. The van der Waals surface area contributed by atoms with Crippen molar-refractivity contribution in [2.24, 2.45) is 0 Å². The smallest absolute Gasteiger partial charge is 0.408 e. The van der Waals surface area contributed by atoms with E-state index in [4.69, 9.17) is 4.74 Å². The van der Waals surface area contributed by atoms with Gasteiger partial charge in [0.1, 0.15) is 0 Å². The van der Waals surface area contributed by atoms with Crippen molar-refractivity contribution in [2.75, 3.05) is 32.6 Å². The van der Waals surface area contributed by atoms with E-state index in [-0.39, 0.29) is 13.0 Å². The molecule has 1 saturated heterocycles. The van der Waals surface area contributed by atoms with Gasteiger partial charge in [0.05, 0.1) is 12.6 Å². The lowest BCUT2D eigenvalue weighted by atomic mass is 9.85. The predicted octanol–water partition coefficient (Wildman–Crippen LogP) is 3.23. The molecule has 0 aromatic heterocycles. The first-order valence-electron chi connectivity index (χ1n) is 8.89. The lowest BCUT2D eigenvalue weighted by molar-refractivity contribution is -0.149. The fourth-order valence-electron chi connectivity index (χ4n) is 3.97. The van der Waals surface area contributed by atoms with Crippen LogP contribution in [0.4, 0.5) is 10.5 Å². The highest BCUT2D eigenvalue weighted by Gasteiger charge is 2.55. The van der Waals surface area contributed by atoms with Crippen LogP contribution in [0.25, 0.3) is 16.8 Å². The van der Waals surface area contributed by atoms with Gasteiger partial charge < -0.3 is 19.8 Å². The molecule has 0 spiro atoms. The Bertz CT molecular complexity index is 955. The molecule has 1 aliphatic heterocycles. The molecule has 1 amide bonds. The number of methoxy groups -OCH3 is 1. The molecule has 2 atom stereocenters. The summed E-state index contributed by atoms with van der Waals surface area (Å²) in [6.45, 7) is 3.86. The third-order valence-electron chi connectivity index (χ3n) is 5.45. The number of benzene rings is 2. The molecule has 1 heterocycles. The fourth-order valence-corrected chi connectivity index (χ4v) is 3.97. The first kappa shape index (κ1) is 19.7. The van der Waals surface area contributed by atoms with Crippen LogP contribution >= 0.6 is 0 Å². The standard InChI is InChI=1S/C21H24N2O5/c1-5-13-8-15-9-16(7-6-14(15)10-18(13)22(2)3)21(19(24)25)11-17(28-4)12-23(21)20(26)27/h5-10,17H,1,11-12H2,2-4H3,(H,24,25)(H,26,27). The number of aliphatic carboxylic acids is 1. The molecule has 2 unspecified atom stereocenters. The summed E-state index contributed by atoms with van der Waals surface area (Å²) in [6.07, 6.45) is 0.0365. The number of anilines is 1. The Morgan fingerprint density at radius 2 is 1.96 bits per heavy atom. The van der Waals surface area contributed by atoms with Crippen LogP contribution in [0, 0.1) is 0 Å². The van der Waals surface area contributed by atoms with E-state index < -0.39 is 23.7 Å². The molecule has 148 valence electrons. The Morgan fingerprint density at radius 1 is 1.25 bits per heavy atom. The van der Waals surface area contributed by atoms with Crippen LogP contribution in [-0.4, -0.2) is 61.0 Å². The number of amides is 1. The summed E-state index contributed by atoms with van der Waals surface area (Å²) in [5.74, 6) is -1.21. The van der Waals surface area contributed by atoms with Gasteiger partial charge >= 0.3 is 12.1 Å². The van der Waals surface area contributed by atoms with Crippen molar-refractivity contribution in [2.45, 2.75) is 18.1 Å². The monoisotopic (exact) mass is 384 g/mol. The van der Waals surface area contributed by atoms with E-state index in [2.05, 4.69) is 6.58 Å². The van der Waals surface area contributed by atoms with Crippen LogP contribution in [0.3, 0.4) is 0 Å². The second-order valence-electron chi connectivity index (χ2n) is 7.19. The van der Waals surface area contributed by atoms with Gasteiger partial charge in [0.2, 0.25) is 0 Å². The highest BCUT2D eigenvalue weighted by atomic mass is 16.5. The number of likely N-dealkylation sites (tertiary alicyclic amines) is 1. The van der Waals surface area contributed by atoms with Gasteiger partial charge in [-0.3, -0.25) is 4.90 Å². The topological polar surface area (TPSA) is 90.3 Å². The average Bonchev–Trinajstić information content (AvgIpc) is 3.07. The highest BCUT2D eigenvalue weighted by Crippen LogP contribution is 2.42. The summed E-state index contributed by atoms with van der Waals surface area (Å²) in [6, 6.07) is 9.21. The highest BCUT2D eigenvalue weighted by molar-refractivity contribution is 5.93. The molecule has 3 rings (SSSR count). The molecule has 0 bridgehead atoms. The quantitative estimate of drug-likeness (QED) is 0.823. The fraction of sp³-hybridized carbons (Fsp3) is 0.333. The van der Waals surface area contributed by atoms with Gasteiger partial charge in [-0.1, -0.05) is 24.8 Å². The van der Waals surface area contributed by atoms with Gasteiger partial charge in [-0.25, -0.2) is 9.59 Å². The second-order valence-corrected chi connectivity index (χ2v) is 7.19. The van der Waals surface area contributed by atoms with E-state index in [1.165, 1.54) is 7.11 Å². The van der Waals surface area contributed by atoms with Crippen molar-refractivity contribution >= 4 is 34.6 Å². The number of rotatable bonds is 5. The van der Waals surface area contributed by atoms with Gasteiger partial charge in [0, 0.05) is 33.3 Å². The minimum atomic E-state index is -1.69. The Labute approximate surface area is 163 Å². The van der Waals surface area contributed by atoms with Gasteiger partial charge in [-0.2, -0.15) is 0 Å². The molecule has 28 heavy (non-hydrogen) atoms. The number of hydrogen-bond donors (Lipinski definition) is 2. The van der Waals surface area contributed by atoms with E-state index in [9.17, 15) is 19.8 Å². The zero-order valence-electron chi connectivity index (χ0n) is 16.2. The average molecular weight is 384 g/mol. The summed E-state index contributed by atoms with van der Waals surface area (Å²) in [4.78, 5) is 27.1. The molecule has 0 aliphatic carbocycles.